The van der Waals surface area contributed by atoms with Crippen molar-refractivity contribution in [1.29, 1.82) is 0 Å². The summed E-state index contributed by atoms with van der Waals surface area (Å²) in [5.74, 6) is -2.84. The highest BCUT2D eigenvalue weighted by Gasteiger charge is 2.25. The Hall–Kier alpha value is -1.90. The molecule has 0 aliphatic rings. The van der Waals surface area contributed by atoms with Gasteiger partial charge >= 0.3 is 5.97 Å². The summed E-state index contributed by atoms with van der Waals surface area (Å²) in [6.07, 6.45) is 3.13. The molecule has 106 valence electrons. The van der Waals surface area contributed by atoms with Crippen LogP contribution in [0.25, 0.3) is 0 Å². The number of aromatic nitrogens is 2. The van der Waals surface area contributed by atoms with Gasteiger partial charge in [-0.2, -0.15) is 5.10 Å². The summed E-state index contributed by atoms with van der Waals surface area (Å²) in [7, 11) is -3.60. The third-order valence-corrected chi connectivity index (χ3v) is 3.93. The van der Waals surface area contributed by atoms with Gasteiger partial charge in [-0.15, -0.1) is 0 Å². The van der Waals surface area contributed by atoms with Crippen LogP contribution in [0.15, 0.2) is 18.5 Å². The molecule has 0 fully saturated rings. The van der Waals surface area contributed by atoms with Gasteiger partial charge in [0.15, 0.2) is 9.84 Å². The second kappa shape index (κ2) is 6.32. The molecule has 19 heavy (non-hydrogen) atoms. The first kappa shape index (κ1) is 15.2. The lowest BCUT2D eigenvalue weighted by Crippen LogP contribution is -2.45. The number of aliphatic carboxylic acids is 1. The Morgan fingerprint density at radius 2 is 2.16 bits per heavy atom. The molecule has 0 bridgehead atoms. The fourth-order valence-corrected chi connectivity index (χ4v) is 2.79. The molecule has 0 saturated heterocycles. The number of amides is 1. The maximum Gasteiger partial charge on any atom is 0.327 e. The predicted molar refractivity (Wildman–Crippen MR) is 66.1 cm³/mol. The SMILES string of the molecule is CC(=O)N[C@@H](CS(=O)(=O)CCn1cccn1)C(=O)O. The number of aryl methyl sites for hydroxylation is 1. The smallest absolute Gasteiger partial charge is 0.327 e. The highest BCUT2D eigenvalue weighted by Crippen LogP contribution is 1.98. The number of carbonyl (C=O) groups is 2. The molecular formula is C10H15N3O5S. The predicted octanol–water partition coefficient (Wildman–Crippen LogP) is -1.11. The van der Waals surface area contributed by atoms with Gasteiger partial charge in [-0.05, 0) is 6.07 Å². The topological polar surface area (TPSA) is 118 Å². The number of hydrogen-bond acceptors (Lipinski definition) is 5. The molecule has 9 heteroatoms. The summed E-state index contributed by atoms with van der Waals surface area (Å²) in [5.41, 5.74) is 0. The third-order valence-electron chi connectivity index (χ3n) is 2.29. The number of nitrogens with zero attached hydrogens (tertiary/aromatic N) is 2. The Bertz CT molecular complexity index is 538. The second-order valence-electron chi connectivity index (χ2n) is 3.97. The minimum atomic E-state index is -3.60. The molecule has 0 spiro atoms. The van der Waals surface area contributed by atoms with Gasteiger partial charge < -0.3 is 10.4 Å². The molecule has 1 amide bonds. The quantitative estimate of drug-likeness (QED) is 0.657. The number of carbonyl (C=O) groups excluding carboxylic acids is 1. The van der Waals surface area contributed by atoms with E-state index in [4.69, 9.17) is 5.11 Å². The third kappa shape index (κ3) is 5.51. The van der Waals surface area contributed by atoms with E-state index in [0.717, 1.165) is 6.92 Å². The Morgan fingerprint density at radius 3 is 2.63 bits per heavy atom. The van der Waals surface area contributed by atoms with Crippen LogP contribution in [0.3, 0.4) is 0 Å². The van der Waals surface area contributed by atoms with Crippen LogP contribution in [0.5, 0.6) is 0 Å². The van der Waals surface area contributed by atoms with Crippen molar-refractivity contribution in [2.75, 3.05) is 11.5 Å². The number of nitrogens with one attached hydrogen (secondary N) is 1. The lowest BCUT2D eigenvalue weighted by atomic mass is 10.3. The van der Waals surface area contributed by atoms with Crippen molar-refractivity contribution >= 4 is 21.7 Å². The monoisotopic (exact) mass is 289 g/mol. The Morgan fingerprint density at radius 1 is 1.47 bits per heavy atom. The fourth-order valence-electron chi connectivity index (χ4n) is 1.42. The standard InChI is InChI=1S/C10H15N3O5S/c1-8(14)12-9(10(15)16)7-19(17,18)6-5-13-4-2-3-11-13/h2-4,9H,5-7H2,1H3,(H,12,14)(H,15,16)/t9-/m0/s1. The van der Waals surface area contributed by atoms with E-state index in [1.54, 1.807) is 12.3 Å². The average Bonchev–Trinajstić information content (AvgIpc) is 2.77. The molecule has 1 heterocycles. The Balaban J connectivity index is 2.60. The van der Waals surface area contributed by atoms with Gasteiger partial charge in [0.1, 0.15) is 6.04 Å². The Labute approximate surface area is 110 Å². The van der Waals surface area contributed by atoms with Crippen LogP contribution < -0.4 is 5.32 Å². The molecule has 1 rings (SSSR count). The molecule has 0 aromatic carbocycles. The summed E-state index contributed by atoms with van der Waals surface area (Å²) in [5, 5.41) is 14.8. The summed E-state index contributed by atoms with van der Waals surface area (Å²) in [6, 6.07) is 0.226. The number of carboxylic acids is 1. The van der Waals surface area contributed by atoms with E-state index in [-0.39, 0.29) is 12.3 Å². The average molecular weight is 289 g/mol. The molecule has 1 aromatic heterocycles. The number of rotatable bonds is 7. The van der Waals surface area contributed by atoms with Gasteiger partial charge in [-0.3, -0.25) is 9.48 Å². The molecular weight excluding hydrogens is 274 g/mol. The molecule has 1 aromatic rings. The van der Waals surface area contributed by atoms with E-state index in [0.29, 0.717) is 0 Å². The zero-order valence-corrected chi connectivity index (χ0v) is 11.1. The highest BCUT2D eigenvalue weighted by molar-refractivity contribution is 7.91. The fraction of sp³-hybridized carbons (Fsp3) is 0.500. The number of sulfone groups is 1. The van der Waals surface area contributed by atoms with Gasteiger partial charge in [-0.1, -0.05) is 0 Å². The van der Waals surface area contributed by atoms with Gasteiger partial charge in [0.05, 0.1) is 18.1 Å². The molecule has 2 N–H and O–H groups in total. The zero-order chi connectivity index (χ0) is 14.5. The van der Waals surface area contributed by atoms with E-state index < -0.39 is 33.5 Å². The van der Waals surface area contributed by atoms with Crippen LogP contribution in [0.4, 0.5) is 0 Å². The first-order valence-electron chi connectivity index (χ1n) is 5.48. The minimum Gasteiger partial charge on any atom is -0.480 e. The molecule has 1 atom stereocenters. The minimum absolute atomic E-state index is 0.141. The van der Waals surface area contributed by atoms with Crippen molar-refractivity contribution in [1.82, 2.24) is 15.1 Å². The van der Waals surface area contributed by atoms with Gasteiger partial charge in [0, 0.05) is 19.3 Å². The van der Waals surface area contributed by atoms with Gasteiger partial charge in [0.2, 0.25) is 5.91 Å². The normalized spacial score (nSPS) is 12.9. The Kier molecular flexibility index (Phi) is 5.04. The van der Waals surface area contributed by atoms with E-state index in [2.05, 4.69) is 10.4 Å². The van der Waals surface area contributed by atoms with E-state index in [1.807, 2.05) is 0 Å². The lowest BCUT2D eigenvalue weighted by molar-refractivity contribution is -0.140. The first-order valence-corrected chi connectivity index (χ1v) is 7.30. The van der Waals surface area contributed by atoms with Crippen LogP contribution in [-0.4, -0.2) is 52.7 Å². The zero-order valence-electron chi connectivity index (χ0n) is 10.3. The molecule has 0 aliphatic carbocycles. The van der Waals surface area contributed by atoms with Crippen LogP contribution in [-0.2, 0) is 26.0 Å². The molecule has 8 nitrogen and oxygen atoms in total. The van der Waals surface area contributed by atoms with Crippen molar-refractivity contribution in [2.45, 2.75) is 19.5 Å². The highest BCUT2D eigenvalue weighted by atomic mass is 32.2. The molecule has 0 unspecified atom stereocenters. The second-order valence-corrected chi connectivity index (χ2v) is 6.20. The maximum absolute atomic E-state index is 11.8. The van der Waals surface area contributed by atoms with Crippen LogP contribution in [0.1, 0.15) is 6.92 Å². The number of carboxylic acid groups (broad SMARTS) is 1. The van der Waals surface area contributed by atoms with Crippen molar-refractivity contribution < 1.29 is 23.1 Å². The summed E-state index contributed by atoms with van der Waals surface area (Å²) in [6.45, 7) is 1.27. The van der Waals surface area contributed by atoms with Crippen molar-refractivity contribution in [3.63, 3.8) is 0 Å². The van der Waals surface area contributed by atoms with Gasteiger partial charge in [-0.25, -0.2) is 13.2 Å². The molecule has 0 saturated carbocycles. The summed E-state index contributed by atoms with van der Waals surface area (Å²) in [4.78, 5) is 21.7. The maximum atomic E-state index is 11.8. The van der Waals surface area contributed by atoms with E-state index in [9.17, 15) is 18.0 Å². The largest absolute Gasteiger partial charge is 0.480 e. The first-order chi connectivity index (χ1) is 8.80. The number of hydrogen-bond donors (Lipinski definition) is 2. The molecule has 0 aliphatic heterocycles. The van der Waals surface area contributed by atoms with Crippen LogP contribution >= 0.6 is 0 Å². The summed E-state index contributed by atoms with van der Waals surface area (Å²) < 4.78 is 25.0. The van der Waals surface area contributed by atoms with Crippen molar-refractivity contribution in [3.8, 4) is 0 Å². The van der Waals surface area contributed by atoms with E-state index >= 15 is 0 Å². The van der Waals surface area contributed by atoms with Crippen molar-refractivity contribution in [3.05, 3.63) is 18.5 Å². The lowest BCUT2D eigenvalue weighted by Gasteiger charge is -2.13. The van der Waals surface area contributed by atoms with Crippen molar-refractivity contribution in [2.24, 2.45) is 0 Å². The summed E-state index contributed by atoms with van der Waals surface area (Å²) >= 11 is 0. The van der Waals surface area contributed by atoms with Crippen LogP contribution in [0, 0.1) is 0 Å². The van der Waals surface area contributed by atoms with Gasteiger partial charge in [0.25, 0.3) is 0 Å². The molecule has 0 radical (unpaired) electrons. The van der Waals surface area contributed by atoms with Crippen LogP contribution in [0.2, 0.25) is 0 Å². The van der Waals surface area contributed by atoms with E-state index in [1.165, 1.54) is 10.9 Å².